The summed E-state index contributed by atoms with van der Waals surface area (Å²) in [5.41, 5.74) is 1.04. The molecule has 1 aromatic carbocycles. The van der Waals surface area contributed by atoms with Gasteiger partial charge in [0.25, 0.3) is 0 Å². The number of hydrogen-bond acceptors (Lipinski definition) is 4. The van der Waals surface area contributed by atoms with Gasteiger partial charge in [-0.15, -0.1) is 0 Å². The van der Waals surface area contributed by atoms with Crippen molar-refractivity contribution < 1.29 is 8.42 Å². The molecule has 0 fully saturated rings. The van der Waals surface area contributed by atoms with E-state index in [1.165, 1.54) is 0 Å². The van der Waals surface area contributed by atoms with E-state index in [2.05, 4.69) is 16.1 Å². The Hall–Kier alpha value is -1.42. The zero-order valence-corrected chi connectivity index (χ0v) is 13.1. The summed E-state index contributed by atoms with van der Waals surface area (Å²) >= 11 is 0. The molecule has 0 aromatic heterocycles. The van der Waals surface area contributed by atoms with Crippen LogP contribution in [-0.2, 0) is 10.0 Å². The monoisotopic (exact) mass is 295 g/mol. The minimum absolute atomic E-state index is 0.0314. The van der Waals surface area contributed by atoms with E-state index >= 15 is 0 Å². The Morgan fingerprint density at radius 1 is 1.40 bits per heavy atom. The molecule has 2 N–H and O–H groups in total. The maximum atomic E-state index is 11.3. The molecular weight excluding hydrogens is 274 g/mol. The van der Waals surface area contributed by atoms with Crippen molar-refractivity contribution in [1.82, 2.24) is 10.0 Å². The zero-order valence-electron chi connectivity index (χ0n) is 12.3. The fourth-order valence-electron chi connectivity index (χ4n) is 1.94. The number of benzene rings is 1. The van der Waals surface area contributed by atoms with Gasteiger partial charge < -0.3 is 5.32 Å². The summed E-state index contributed by atoms with van der Waals surface area (Å²) < 4.78 is 25.1. The maximum Gasteiger partial charge on any atom is 0.209 e. The van der Waals surface area contributed by atoms with E-state index in [9.17, 15) is 8.42 Å². The molecule has 0 heterocycles. The molecule has 0 radical (unpaired) electrons. The lowest BCUT2D eigenvalue weighted by Crippen LogP contribution is -2.50. The van der Waals surface area contributed by atoms with Crippen molar-refractivity contribution in [2.45, 2.75) is 32.4 Å². The van der Waals surface area contributed by atoms with Gasteiger partial charge in [-0.05, 0) is 38.5 Å². The molecule has 0 aliphatic carbocycles. The van der Waals surface area contributed by atoms with Gasteiger partial charge in [-0.2, -0.15) is 5.26 Å². The van der Waals surface area contributed by atoms with E-state index in [0.717, 1.165) is 11.8 Å². The first-order valence-electron chi connectivity index (χ1n) is 6.35. The van der Waals surface area contributed by atoms with E-state index in [-0.39, 0.29) is 6.04 Å². The van der Waals surface area contributed by atoms with Crippen LogP contribution < -0.4 is 10.0 Å². The maximum absolute atomic E-state index is 11.3. The van der Waals surface area contributed by atoms with Crippen LogP contribution in [0.1, 0.15) is 37.9 Å². The lowest BCUT2D eigenvalue weighted by molar-refractivity contribution is 0.399. The molecule has 0 amide bonds. The summed E-state index contributed by atoms with van der Waals surface area (Å²) in [6.45, 7) is 6.10. The molecule has 0 spiro atoms. The Balaban J connectivity index is 2.67. The van der Waals surface area contributed by atoms with Gasteiger partial charge in [0.15, 0.2) is 0 Å². The van der Waals surface area contributed by atoms with Crippen LogP contribution in [0.5, 0.6) is 0 Å². The predicted octanol–water partition coefficient (Wildman–Crippen LogP) is 1.54. The molecule has 0 saturated heterocycles. The summed E-state index contributed by atoms with van der Waals surface area (Å²) in [4.78, 5) is 0. The Labute approximate surface area is 121 Å². The number of nitriles is 1. The van der Waals surface area contributed by atoms with E-state index in [1.54, 1.807) is 6.07 Å². The fraction of sp³-hybridized carbons (Fsp3) is 0.500. The molecule has 0 aliphatic rings. The highest BCUT2D eigenvalue weighted by Gasteiger charge is 2.22. The minimum atomic E-state index is -3.24. The highest BCUT2D eigenvalue weighted by Crippen LogP contribution is 2.15. The van der Waals surface area contributed by atoms with E-state index in [4.69, 9.17) is 5.26 Å². The topological polar surface area (TPSA) is 82.0 Å². The second kappa shape index (κ2) is 6.35. The van der Waals surface area contributed by atoms with Gasteiger partial charge in [0.1, 0.15) is 0 Å². The van der Waals surface area contributed by atoms with Crippen LogP contribution in [0.15, 0.2) is 24.3 Å². The SMILES string of the molecule is CC(NCC(C)(C)NS(C)(=O)=O)c1cccc(C#N)c1. The first-order valence-corrected chi connectivity index (χ1v) is 8.24. The molecule has 5 nitrogen and oxygen atoms in total. The molecule has 0 bridgehead atoms. The standard InChI is InChI=1S/C14H21N3O2S/c1-11(13-7-5-6-12(8-13)9-15)16-10-14(2,3)17-20(4,18)19/h5-8,11,16-17H,10H2,1-4H3. The summed E-state index contributed by atoms with van der Waals surface area (Å²) in [7, 11) is -3.24. The highest BCUT2D eigenvalue weighted by molar-refractivity contribution is 7.88. The Morgan fingerprint density at radius 2 is 2.05 bits per heavy atom. The van der Waals surface area contributed by atoms with Gasteiger partial charge in [0.05, 0.1) is 17.9 Å². The summed E-state index contributed by atoms with van der Waals surface area (Å²) in [5.74, 6) is 0. The first kappa shape index (κ1) is 16.6. The normalized spacial score (nSPS) is 13.8. The Bertz CT molecular complexity index is 603. The Kier molecular flexibility index (Phi) is 5.28. The lowest BCUT2D eigenvalue weighted by atomic mass is 10.0. The summed E-state index contributed by atoms with van der Waals surface area (Å²) in [5, 5.41) is 12.2. The second-order valence-electron chi connectivity index (χ2n) is 5.60. The van der Waals surface area contributed by atoms with Gasteiger partial charge >= 0.3 is 0 Å². The van der Waals surface area contributed by atoms with E-state index in [0.29, 0.717) is 12.1 Å². The van der Waals surface area contributed by atoms with Crippen molar-refractivity contribution >= 4 is 10.0 Å². The first-order chi connectivity index (χ1) is 9.13. The third kappa shape index (κ3) is 5.70. The van der Waals surface area contributed by atoms with Crippen molar-refractivity contribution in [3.8, 4) is 6.07 Å². The second-order valence-corrected chi connectivity index (χ2v) is 7.35. The Morgan fingerprint density at radius 3 is 2.60 bits per heavy atom. The molecular formula is C14H21N3O2S. The van der Waals surface area contributed by atoms with Crippen molar-refractivity contribution in [1.29, 1.82) is 5.26 Å². The molecule has 1 unspecified atom stereocenters. The van der Waals surface area contributed by atoms with Crippen molar-refractivity contribution in [3.05, 3.63) is 35.4 Å². The molecule has 6 heteroatoms. The third-order valence-corrected chi connectivity index (χ3v) is 3.75. The highest BCUT2D eigenvalue weighted by atomic mass is 32.2. The number of sulfonamides is 1. The number of nitrogens with zero attached hydrogens (tertiary/aromatic N) is 1. The van der Waals surface area contributed by atoms with Crippen molar-refractivity contribution in [2.75, 3.05) is 12.8 Å². The van der Waals surface area contributed by atoms with Crippen LogP contribution in [0.3, 0.4) is 0 Å². The van der Waals surface area contributed by atoms with Crippen LogP contribution in [0.2, 0.25) is 0 Å². The van der Waals surface area contributed by atoms with Crippen molar-refractivity contribution in [3.63, 3.8) is 0 Å². The fourth-order valence-corrected chi connectivity index (χ4v) is 3.02. The molecule has 20 heavy (non-hydrogen) atoms. The van der Waals surface area contributed by atoms with Gasteiger partial charge in [-0.1, -0.05) is 12.1 Å². The minimum Gasteiger partial charge on any atom is -0.308 e. The van der Waals surface area contributed by atoms with Crippen LogP contribution in [0, 0.1) is 11.3 Å². The van der Waals surface area contributed by atoms with Crippen LogP contribution in [-0.4, -0.2) is 26.8 Å². The van der Waals surface area contributed by atoms with Crippen LogP contribution in [0.4, 0.5) is 0 Å². The zero-order chi connectivity index (χ0) is 15.4. The lowest BCUT2D eigenvalue weighted by Gasteiger charge is -2.27. The van der Waals surface area contributed by atoms with Crippen molar-refractivity contribution in [2.24, 2.45) is 0 Å². The average Bonchev–Trinajstić information content (AvgIpc) is 2.33. The summed E-state index contributed by atoms with van der Waals surface area (Å²) in [6, 6.07) is 9.50. The summed E-state index contributed by atoms with van der Waals surface area (Å²) in [6.07, 6.45) is 1.15. The van der Waals surface area contributed by atoms with Gasteiger partial charge in [0.2, 0.25) is 10.0 Å². The van der Waals surface area contributed by atoms with E-state index in [1.807, 2.05) is 39.0 Å². The van der Waals surface area contributed by atoms with Gasteiger partial charge in [-0.3, -0.25) is 0 Å². The molecule has 0 aliphatic heterocycles. The predicted molar refractivity (Wildman–Crippen MR) is 79.6 cm³/mol. The molecule has 1 aromatic rings. The number of nitrogens with one attached hydrogen (secondary N) is 2. The van der Waals surface area contributed by atoms with Crippen LogP contribution >= 0.6 is 0 Å². The molecule has 1 rings (SSSR count). The van der Waals surface area contributed by atoms with E-state index < -0.39 is 15.6 Å². The van der Waals surface area contributed by atoms with Crippen LogP contribution in [0.25, 0.3) is 0 Å². The molecule has 1 atom stereocenters. The smallest absolute Gasteiger partial charge is 0.209 e. The van der Waals surface area contributed by atoms with Gasteiger partial charge in [-0.25, -0.2) is 13.1 Å². The quantitative estimate of drug-likeness (QED) is 0.834. The largest absolute Gasteiger partial charge is 0.308 e. The number of hydrogen-bond donors (Lipinski definition) is 2. The van der Waals surface area contributed by atoms with Gasteiger partial charge in [0, 0.05) is 18.1 Å². The average molecular weight is 295 g/mol. The molecule has 0 saturated carbocycles. The third-order valence-electron chi connectivity index (χ3n) is 2.83. The number of rotatable bonds is 6. The molecule has 110 valence electrons.